The molecule has 0 amide bonds. The monoisotopic (exact) mass is 307 g/mol. The van der Waals surface area contributed by atoms with E-state index in [1.807, 2.05) is 18.2 Å². The summed E-state index contributed by atoms with van der Waals surface area (Å²) in [5, 5.41) is 9.59. The molecule has 0 aromatic heterocycles. The number of epoxide rings is 1. The molecule has 0 radical (unpaired) electrons. The summed E-state index contributed by atoms with van der Waals surface area (Å²) in [6.07, 6.45) is 0.452. The van der Waals surface area contributed by atoms with Crippen LogP contribution in [-0.2, 0) is 14.3 Å². The first kappa shape index (κ1) is 11.2. The van der Waals surface area contributed by atoms with Gasteiger partial charge in [0.1, 0.15) is 24.2 Å². The Hall–Kier alpha value is -1.43. The molecule has 3 fully saturated rings. The number of nitrogens with zero attached hydrogens (tertiary/aromatic N) is 1. The standard InChI is InChI=1S/C17H21NO4/c1-18-13-7-11(8-14(18)16-15(13)22-16)21-17(20)12(9-19)10-5-3-2-4-6-10/h2-6,11-16,19H,7-9H2,1H3/t11?,12-,13-,14+,15-,16+/m1/s1/i1+1D3. The lowest BCUT2D eigenvalue weighted by atomic mass is 9.98. The molecular weight excluding hydrogens is 283 g/mol. The number of fused-ring (bicyclic) bond motifs is 5. The molecule has 0 aliphatic carbocycles. The SMILES string of the molecule is [2H][13C]([2H])([2H])N1[C@@H]2CC(OC(=O)[C@H](CO)c3ccccc3)C[C@H]1[C@@H]1O[C@@H]12. The number of hydrogen-bond donors (Lipinski definition) is 1. The van der Waals surface area contributed by atoms with E-state index in [1.165, 1.54) is 0 Å². The molecule has 3 heterocycles. The quantitative estimate of drug-likeness (QED) is 0.509. The second-order valence-electron chi connectivity index (χ2n) is 6.28. The molecule has 1 aromatic carbocycles. The second kappa shape index (κ2) is 5.33. The van der Waals surface area contributed by atoms with Gasteiger partial charge in [-0.1, -0.05) is 30.3 Å². The number of piperidine rings is 1. The largest absolute Gasteiger partial charge is 0.462 e. The van der Waals surface area contributed by atoms with Crippen LogP contribution in [0.25, 0.3) is 0 Å². The number of hydrogen-bond acceptors (Lipinski definition) is 5. The van der Waals surface area contributed by atoms with Crippen molar-refractivity contribution < 1.29 is 23.5 Å². The number of aliphatic hydroxyl groups is 1. The van der Waals surface area contributed by atoms with Crippen LogP contribution in [0.4, 0.5) is 0 Å². The van der Waals surface area contributed by atoms with E-state index < -0.39 is 18.9 Å². The molecular formula is C17H21NO4. The number of aliphatic hydroxyl groups excluding tert-OH is 1. The van der Waals surface area contributed by atoms with Crippen LogP contribution in [0.2, 0.25) is 0 Å². The minimum atomic E-state index is -2.15. The molecule has 3 saturated heterocycles. The van der Waals surface area contributed by atoms with E-state index in [2.05, 4.69) is 0 Å². The van der Waals surface area contributed by atoms with E-state index in [0.29, 0.717) is 18.4 Å². The smallest absolute Gasteiger partial charge is 0.316 e. The van der Waals surface area contributed by atoms with Gasteiger partial charge in [-0.15, -0.1) is 0 Å². The van der Waals surface area contributed by atoms with Crippen molar-refractivity contribution in [3.63, 3.8) is 0 Å². The maximum Gasteiger partial charge on any atom is 0.316 e. The van der Waals surface area contributed by atoms with E-state index in [9.17, 15) is 9.90 Å². The Bertz CT molecular complexity index is 635. The summed E-state index contributed by atoms with van der Waals surface area (Å²) >= 11 is 0. The van der Waals surface area contributed by atoms with Gasteiger partial charge in [-0.2, -0.15) is 0 Å². The Morgan fingerprint density at radius 3 is 2.68 bits per heavy atom. The molecule has 1 aromatic rings. The van der Waals surface area contributed by atoms with Gasteiger partial charge >= 0.3 is 5.97 Å². The predicted octanol–water partition coefficient (Wildman–Crippen LogP) is 0.918. The maximum atomic E-state index is 12.5. The number of likely N-dealkylation sites (N-methyl/N-ethyl adjacent to an activating group) is 1. The summed E-state index contributed by atoms with van der Waals surface area (Å²) < 4.78 is 34.4. The van der Waals surface area contributed by atoms with Crippen molar-refractivity contribution in [2.75, 3.05) is 13.6 Å². The molecule has 0 saturated carbocycles. The number of ether oxygens (including phenoxy) is 2. The molecule has 3 aliphatic rings. The van der Waals surface area contributed by atoms with Gasteiger partial charge in [0.25, 0.3) is 0 Å². The van der Waals surface area contributed by atoms with Crippen molar-refractivity contribution in [3.8, 4) is 0 Å². The minimum absolute atomic E-state index is 0.0584. The highest BCUT2D eigenvalue weighted by atomic mass is 16.6. The Labute approximate surface area is 134 Å². The lowest BCUT2D eigenvalue weighted by Gasteiger charge is -2.38. The van der Waals surface area contributed by atoms with E-state index in [0.717, 1.165) is 0 Å². The molecule has 2 bridgehead atoms. The Kier molecular flexibility index (Phi) is 2.71. The van der Waals surface area contributed by atoms with Crippen molar-refractivity contribution in [3.05, 3.63) is 35.9 Å². The molecule has 118 valence electrons. The highest BCUT2D eigenvalue weighted by molar-refractivity contribution is 5.78. The zero-order valence-corrected chi connectivity index (χ0v) is 12.1. The van der Waals surface area contributed by atoms with Gasteiger partial charge in [-0.3, -0.25) is 9.69 Å². The van der Waals surface area contributed by atoms with Crippen LogP contribution >= 0.6 is 0 Å². The average molecular weight is 307 g/mol. The highest BCUT2D eigenvalue weighted by Crippen LogP contribution is 2.48. The molecule has 22 heavy (non-hydrogen) atoms. The normalized spacial score (nSPS) is 40.0. The summed E-state index contributed by atoms with van der Waals surface area (Å²) in [5.41, 5.74) is 0.712. The maximum absolute atomic E-state index is 12.5. The number of carbonyl (C=O) groups excluding carboxylic acids is 1. The Balaban J connectivity index is 1.44. The van der Waals surface area contributed by atoms with Crippen LogP contribution in [0.1, 0.15) is 28.4 Å². The van der Waals surface area contributed by atoms with E-state index in [1.54, 1.807) is 17.0 Å². The lowest BCUT2D eigenvalue weighted by molar-refractivity contribution is -0.156. The molecule has 4 rings (SSSR count). The molecule has 1 unspecified atom stereocenters. The van der Waals surface area contributed by atoms with Crippen molar-refractivity contribution >= 4 is 5.97 Å². The molecule has 0 spiro atoms. The first-order chi connectivity index (χ1) is 11.9. The predicted molar refractivity (Wildman–Crippen MR) is 79.4 cm³/mol. The van der Waals surface area contributed by atoms with Crippen LogP contribution in [-0.4, -0.2) is 60.0 Å². The van der Waals surface area contributed by atoms with Crippen LogP contribution in [0, 0.1) is 0 Å². The summed E-state index contributed by atoms with van der Waals surface area (Å²) in [6, 6.07) is 8.56. The fourth-order valence-electron chi connectivity index (χ4n) is 3.79. The fraction of sp³-hybridized carbons (Fsp3) is 0.588. The summed E-state index contributed by atoms with van der Waals surface area (Å²) in [4.78, 5) is 14.1. The van der Waals surface area contributed by atoms with Crippen molar-refractivity contribution in [2.45, 2.75) is 49.2 Å². The second-order valence-corrected chi connectivity index (χ2v) is 6.28. The third-order valence-electron chi connectivity index (χ3n) is 5.00. The topological polar surface area (TPSA) is 62.3 Å². The minimum Gasteiger partial charge on any atom is -0.462 e. The van der Waals surface area contributed by atoms with Gasteiger partial charge in [-0.05, 0) is 12.5 Å². The van der Waals surface area contributed by atoms with Crippen LogP contribution in [0.3, 0.4) is 0 Å². The number of morpholine rings is 1. The molecule has 5 nitrogen and oxygen atoms in total. The summed E-state index contributed by atoms with van der Waals surface area (Å²) in [6.45, 7) is -2.48. The van der Waals surface area contributed by atoms with Crippen molar-refractivity contribution in [2.24, 2.45) is 0 Å². The Morgan fingerprint density at radius 2 is 2.09 bits per heavy atom. The van der Waals surface area contributed by atoms with E-state index in [4.69, 9.17) is 13.6 Å². The first-order valence-electron chi connectivity index (χ1n) is 9.20. The summed E-state index contributed by atoms with van der Waals surface area (Å²) in [7, 11) is 0. The molecule has 3 aliphatic heterocycles. The Morgan fingerprint density at radius 1 is 1.41 bits per heavy atom. The zero-order chi connectivity index (χ0) is 17.8. The fourth-order valence-corrected chi connectivity index (χ4v) is 3.79. The average Bonchev–Trinajstić information content (AvgIpc) is 3.31. The number of rotatable bonds is 4. The van der Waals surface area contributed by atoms with E-state index >= 15 is 0 Å². The van der Waals surface area contributed by atoms with Crippen molar-refractivity contribution in [1.29, 1.82) is 0 Å². The van der Waals surface area contributed by atoms with Gasteiger partial charge in [0, 0.05) is 29.0 Å². The van der Waals surface area contributed by atoms with Gasteiger partial charge in [0.15, 0.2) is 0 Å². The van der Waals surface area contributed by atoms with E-state index in [-0.39, 0.29) is 37.0 Å². The van der Waals surface area contributed by atoms with Gasteiger partial charge < -0.3 is 14.6 Å². The number of benzene rings is 1. The highest BCUT2D eigenvalue weighted by Gasteiger charge is 2.62. The molecule has 5 heteroatoms. The van der Waals surface area contributed by atoms with Crippen molar-refractivity contribution in [1.82, 2.24) is 4.90 Å². The zero-order valence-electron chi connectivity index (χ0n) is 15.1. The van der Waals surface area contributed by atoms with Gasteiger partial charge in [0.2, 0.25) is 0 Å². The third-order valence-corrected chi connectivity index (χ3v) is 5.00. The lowest BCUT2D eigenvalue weighted by Crippen LogP contribution is -2.48. The van der Waals surface area contributed by atoms with Crippen LogP contribution < -0.4 is 0 Å². The van der Waals surface area contributed by atoms with Crippen LogP contribution in [0.5, 0.6) is 0 Å². The molecule has 6 atom stereocenters. The first-order valence-corrected chi connectivity index (χ1v) is 7.70. The number of carbonyl (C=O) groups is 1. The number of esters is 1. The van der Waals surface area contributed by atoms with Gasteiger partial charge in [-0.25, -0.2) is 0 Å². The van der Waals surface area contributed by atoms with Gasteiger partial charge in [0.05, 0.1) is 6.61 Å². The molecule has 1 N–H and O–H groups in total. The van der Waals surface area contributed by atoms with Crippen LogP contribution in [0.15, 0.2) is 30.3 Å². The third kappa shape index (κ3) is 2.24. The summed E-state index contributed by atoms with van der Waals surface area (Å²) in [5.74, 6) is -1.18.